The van der Waals surface area contributed by atoms with E-state index >= 15 is 0 Å². The molecule has 0 aliphatic heterocycles. The SMILES string of the molecule is CC(C)C(=O)OCC(=O)n1ccc(=O)[nH]c1=O. The number of hydrogen-bond acceptors (Lipinski definition) is 5. The second-order valence-corrected chi connectivity index (χ2v) is 3.64. The van der Waals surface area contributed by atoms with E-state index in [-0.39, 0.29) is 5.92 Å². The Kier molecular flexibility index (Phi) is 3.97. The van der Waals surface area contributed by atoms with Crippen molar-refractivity contribution in [2.45, 2.75) is 13.8 Å². The lowest BCUT2D eigenvalue weighted by atomic mass is 10.2. The van der Waals surface area contributed by atoms with E-state index in [0.29, 0.717) is 4.57 Å². The number of H-pyrrole nitrogens is 1. The Bertz CT molecular complexity index is 540. The number of nitrogens with zero attached hydrogens (tertiary/aromatic N) is 1. The van der Waals surface area contributed by atoms with Gasteiger partial charge in [-0.2, -0.15) is 0 Å². The third kappa shape index (κ3) is 3.40. The first kappa shape index (κ1) is 12.9. The molecular formula is C10H12N2O5. The van der Waals surface area contributed by atoms with Crippen LogP contribution < -0.4 is 11.2 Å². The first-order chi connectivity index (χ1) is 7.91. The van der Waals surface area contributed by atoms with E-state index in [1.165, 1.54) is 0 Å². The summed E-state index contributed by atoms with van der Waals surface area (Å²) < 4.78 is 5.34. The Morgan fingerprint density at radius 2 is 2.06 bits per heavy atom. The van der Waals surface area contributed by atoms with E-state index in [4.69, 9.17) is 0 Å². The number of ether oxygens (including phenoxy) is 1. The van der Waals surface area contributed by atoms with E-state index in [9.17, 15) is 19.2 Å². The average Bonchev–Trinajstić information content (AvgIpc) is 2.25. The summed E-state index contributed by atoms with van der Waals surface area (Å²) in [6.07, 6.45) is 1.03. The van der Waals surface area contributed by atoms with Gasteiger partial charge in [0.25, 0.3) is 11.5 Å². The van der Waals surface area contributed by atoms with Crippen LogP contribution in [0, 0.1) is 5.92 Å². The van der Waals surface area contributed by atoms with Crippen molar-refractivity contribution in [1.29, 1.82) is 0 Å². The van der Waals surface area contributed by atoms with Crippen LogP contribution >= 0.6 is 0 Å². The van der Waals surface area contributed by atoms with Crippen molar-refractivity contribution in [2.75, 3.05) is 6.61 Å². The highest BCUT2D eigenvalue weighted by Gasteiger charge is 2.13. The third-order valence-electron chi connectivity index (χ3n) is 1.90. The number of esters is 1. The highest BCUT2D eigenvalue weighted by atomic mass is 16.5. The Balaban J connectivity index is 2.74. The van der Waals surface area contributed by atoms with Crippen LogP contribution in [0.15, 0.2) is 21.9 Å². The Labute approximate surface area is 96.0 Å². The van der Waals surface area contributed by atoms with Gasteiger partial charge in [-0.05, 0) is 0 Å². The van der Waals surface area contributed by atoms with E-state index in [1.54, 1.807) is 13.8 Å². The second kappa shape index (κ2) is 5.24. The van der Waals surface area contributed by atoms with Gasteiger partial charge in [-0.15, -0.1) is 0 Å². The first-order valence-corrected chi connectivity index (χ1v) is 4.93. The lowest BCUT2D eigenvalue weighted by Crippen LogP contribution is -2.35. The molecule has 0 aliphatic carbocycles. The van der Waals surface area contributed by atoms with Gasteiger partial charge in [-0.1, -0.05) is 13.8 Å². The molecule has 0 spiro atoms. The van der Waals surface area contributed by atoms with Crippen LogP contribution in [0.25, 0.3) is 0 Å². The van der Waals surface area contributed by atoms with Crippen LogP contribution in [-0.4, -0.2) is 28.0 Å². The van der Waals surface area contributed by atoms with Gasteiger partial charge in [-0.25, -0.2) is 9.36 Å². The molecule has 0 saturated carbocycles. The Hall–Kier alpha value is -2.18. The standard InChI is InChI=1S/C10H12N2O5/c1-6(2)9(15)17-5-8(14)12-4-3-7(13)11-10(12)16/h3-4,6H,5H2,1-2H3,(H,11,13,16). The maximum absolute atomic E-state index is 11.5. The average molecular weight is 240 g/mol. The molecule has 0 atom stereocenters. The first-order valence-electron chi connectivity index (χ1n) is 4.93. The molecule has 0 unspecified atom stereocenters. The molecule has 7 heteroatoms. The summed E-state index contributed by atoms with van der Waals surface area (Å²) in [6, 6.07) is 1.03. The van der Waals surface area contributed by atoms with Crippen molar-refractivity contribution >= 4 is 11.9 Å². The summed E-state index contributed by atoms with van der Waals surface area (Å²) in [5, 5.41) is 0. The lowest BCUT2D eigenvalue weighted by molar-refractivity contribution is -0.146. The van der Waals surface area contributed by atoms with Crippen molar-refractivity contribution in [1.82, 2.24) is 9.55 Å². The van der Waals surface area contributed by atoms with Crippen molar-refractivity contribution in [3.05, 3.63) is 33.1 Å². The summed E-state index contributed by atoms with van der Waals surface area (Å²) >= 11 is 0. The van der Waals surface area contributed by atoms with Crippen LogP contribution in [0.3, 0.4) is 0 Å². The number of aromatic nitrogens is 2. The molecule has 1 heterocycles. The third-order valence-corrected chi connectivity index (χ3v) is 1.90. The van der Waals surface area contributed by atoms with E-state index in [2.05, 4.69) is 4.74 Å². The molecule has 7 nitrogen and oxygen atoms in total. The summed E-state index contributed by atoms with van der Waals surface area (Å²) in [5.74, 6) is -1.61. The minimum atomic E-state index is -0.858. The molecule has 17 heavy (non-hydrogen) atoms. The van der Waals surface area contributed by atoms with Crippen LogP contribution in [0.4, 0.5) is 0 Å². The highest BCUT2D eigenvalue weighted by Crippen LogP contribution is 1.95. The molecular weight excluding hydrogens is 228 g/mol. The zero-order valence-electron chi connectivity index (χ0n) is 9.43. The molecule has 92 valence electrons. The molecule has 0 aromatic carbocycles. The maximum atomic E-state index is 11.5. The van der Waals surface area contributed by atoms with Gasteiger partial charge in [0.2, 0.25) is 0 Å². The lowest BCUT2D eigenvalue weighted by Gasteiger charge is -2.06. The molecule has 1 aromatic rings. The summed E-state index contributed by atoms with van der Waals surface area (Å²) in [5.41, 5.74) is -1.46. The monoisotopic (exact) mass is 240 g/mol. The van der Waals surface area contributed by atoms with Crippen molar-refractivity contribution in [3.8, 4) is 0 Å². The zero-order chi connectivity index (χ0) is 13.0. The normalized spacial score (nSPS) is 10.3. The van der Waals surface area contributed by atoms with Crippen LogP contribution in [-0.2, 0) is 9.53 Å². The van der Waals surface area contributed by atoms with Crippen LogP contribution in [0.1, 0.15) is 18.6 Å². The summed E-state index contributed by atoms with van der Waals surface area (Å²) in [4.78, 5) is 46.4. The van der Waals surface area contributed by atoms with Crippen molar-refractivity contribution < 1.29 is 14.3 Å². The number of rotatable bonds is 3. The number of carbonyl (C=O) groups excluding carboxylic acids is 2. The Morgan fingerprint density at radius 3 is 2.59 bits per heavy atom. The van der Waals surface area contributed by atoms with Gasteiger partial charge in [0.15, 0.2) is 6.61 Å². The van der Waals surface area contributed by atoms with Crippen LogP contribution in [0.2, 0.25) is 0 Å². The van der Waals surface area contributed by atoms with Gasteiger partial charge in [0.1, 0.15) is 0 Å². The predicted molar refractivity (Wildman–Crippen MR) is 57.7 cm³/mol. The second-order valence-electron chi connectivity index (χ2n) is 3.64. The number of carbonyl (C=O) groups is 2. The van der Waals surface area contributed by atoms with E-state index < -0.39 is 29.7 Å². The molecule has 0 radical (unpaired) electrons. The van der Waals surface area contributed by atoms with Gasteiger partial charge < -0.3 is 4.74 Å². The van der Waals surface area contributed by atoms with E-state index in [0.717, 1.165) is 12.3 Å². The number of aromatic amines is 1. The summed E-state index contributed by atoms with van der Waals surface area (Å²) in [7, 11) is 0. The Morgan fingerprint density at radius 1 is 1.41 bits per heavy atom. The molecule has 0 saturated heterocycles. The molecule has 1 N–H and O–H groups in total. The van der Waals surface area contributed by atoms with Crippen LogP contribution in [0.5, 0.6) is 0 Å². The van der Waals surface area contributed by atoms with Gasteiger partial charge in [0.05, 0.1) is 5.92 Å². The fraction of sp³-hybridized carbons (Fsp3) is 0.400. The number of hydrogen-bond donors (Lipinski definition) is 1. The molecule has 0 aliphatic rings. The minimum absolute atomic E-state index is 0.352. The van der Waals surface area contributed by atoms with Crippen molar-refractivity contribution in [2.24, 2.45) is 5.92 Å². The predicted octanol–water partition coefficient (Wildman–Crippen LogP) is -0.624. The van der Waals surface area contributed by atoms with Gasteiger partial charge in [-0.3, -0.25) is 19.4 Å². The number of nitrogens with one attached hydrogen (secondary N) is 1. The largest absolute Gasteiger partial charge is 0.455 e. The fourth-order valence-electron chi connectivity index (χ4n) is 0.983. The van der Waals surface area contributed by atoms with Gasteiger partial charge in [0, 0.05) is 12.3 Å². The minimum Gasteiger partial charge on any atom is -0.455 e. The molecule has 1 rings (SSSR count). The summed E-state index contributed by atoms with van der Waals surface area (Å²) in [6.45, 7) is 2.71. The fourth-order valence-corrected chi connectivity index (χ4v) is 0.983. The molecule has 0 amide bonds. The molecule has 1 aromatic heterocycles. The van der Waals surface area contributed by atoms with E-state index in [1.807, 2.05) is 4.98 Å². The smallest absolute Gasteiger partial charge is 0.335 e. The topological polar surface area (TPSA) is 98.2 Å². The molecule has 0 bridgehead atoms. The van der Waals surface area contributed by atoms with Gasteiger partial charge >= 0.3 is 11.7 Å². The maximum Gasteiger partial charge on any atom is 0.335 e. The van der Waals surface area contributed by atoms with Crippen molar-refractivity contribution in [3.63, 3.8) is 0 Å². The molecule has 0 fully saturated rings. The zero-order valence-corrected chi connectivity index (χ0v) is 9.43. The highest BCUT2D eigenvalue weighted by molar-refractivity contribution is 5.82. The quantitative estimate of drug-likeness (QED) is 0.710.